The van der Waals surface area contributed by atoms with Crippen LogP contribution in [0.15, 0.2) is 24.3 Å². The minimum atomic E-state index is -0.00283. The molecule has 1 aromatic carbocycles. The van der Waals surface area contributed by atoms with E-state index in [4.69, 9.17) is 4.74 Å². The van der Waals surface area contributed by atoms with E-state index < -0.39 is 0 Å². The molecule has 0 spiro atoms. The Morgan fingerprint density at radius 1 is 0.931 bits per heavy atom. The molecule has 1 aromatic rings. The summed E-state index contributed by atoms with van der Waals surface area (Å²) in [6.45, 7) is 4.71. The molecule has 0 atom stereocenters. The Hall–Kier alpha value is -2.04. The minimum Gasteiger partial charge on any atom is -0.484 e. The molecule has 1 aliphatic heterocycles. The Bertz CT molecular complexity index is 645. The van der Waals surface area contributed by atoms with Crippen molar-refractivity contribution >= 4 is 11.8 Å². The summed E-state index contributed by atoms with van der Waals surface area (Å²) in [5.74, 6) is 1.72. The molecule has 0 aromatic heterocycles. The van der Waals surface area contributed by atoms with Crippen LogP contribution in [-0.2, 0) is 16.0 Å². The maximum atomic E-state index is 12.5. The zero-order valence-corrected chi connectivity index (χ0v) is 17.9. The third-order valence-corrected chi connectivity index (χ3v) is 6.30. The fraction of sp³-hybridized carbons (Fsp3) is 0.667. The number of hydrogen-bond acceptors (Lipinski definition) is 3. The lowest BCUT2D eigenvalue weighted by Gasteiger charge is -2.35. The summed E-state index contributed by atoms with van der Waals surface area (Å²) < 4.78 is 5.66. The number of aryl methyl sites for hydroxylation is 1. The highest BCUT2D eigenvalue weighted by Gasteiger charge is 2.25. The standard InChI is InChI=1S/C24H36N2O3/c1-2-6-20-9-12-22(13-10-20)29-19-24(28)26-17-15-25(16-18-26)23(27)14-11-21-7-4-3-5-8-21/h9-10,12-13,21H,2-8,11,14-19H2,1H3. The first kappa shape index (κ1) is 21.7. The molecule has 0 radical (unpaired) electrons. The van der Waals surface area contributed by atoms with Crippen LogP contribution in [0, 0.1) is 5.92 Å². The highest BCUT2D eigenvalue weighted by Crippen LogP contribution is 2.27. The molecular formula is C24H36N2O3. The van der Waals surface area contributed by atoms with Gasteiger partial charge in [0.05, 0.1) is 0 Å². The number of carbonyl (C=O) groups is 2. The number of hydrogen-bond donors (Lipinski definition) is 0. The van der Waals surface area contributed by atoms with Gasteiger partial charge in [0.15, 0.2) is 6.61 Å². The van der Waals surface area contributed by atoms with Crippen molar-refractivity contribution in [1.29, 1.82) is 0 Å². The van der Waals surface area contributed by atoms with Crippen molar-refractivity contribution in [2.45, 2.75) is 64.7 Å². The molecule has 2 amide bonds. The monoisotopic (exact) mass is 400 g/mol. The van der Waals surface area contributed by atoms with Gasteiger partial charge in [-0.05, 0) is 36.5 Å². The van der Waals surface area contributed by atoms with Crippen LogP contribution in [0.25, 0.3) is 0 Å². The van der Waals surface area contributed by atoms with Crippen LogP contribution in [0.5, 0.6) is 5.75 Å². The first-order valence-electron chi connectivity index (χ1n) is 11.4. The zero-order chi connectivity index (χ0) is 20.5. The van der Waals surface area contributed by atoms with Crippen molar-refractivity contribution in [2.75, 3.05) is 32.8 Å². The number of amides is 2. The fourth-order valence-electron chi connectivity index (χ4n) is 4.44. The maximum Gasteiger partial charge on any atom is 0.260 e. The van der Waals surface area contributed by atoms with Gasteiger partial charge in [-0.1, -0.05) is 57.6 Å². The largest absolute Gasteiger partial charge is 0.484 e. The van der Waals surface area contributed by atoms with Crippen LogP contribution < -0.4 is 4.74 Å². The van der Waals surface area contributed by atoms with Crippen molar-refractivity contribution in [3.63, 3.8) is 0 Å². The van der Waals surface area contributed by atoms with E-state index >= 15 is 0 Å². The molecule has 1 aliphatic carbocycles. The average molecular weight is 401 g/mol. The molecule has 29 heavy (non-hydrogen) atoms. The molecule has 1 saturated heterocycles. The predicted octanol–water partition coefficient (Wildman–Crippen LogP) is 4.05. The third-order valence-electron chi connectivity index (χ3n) is 6.30. The van der Waals surface area contributed by atoms with E-state index in [1.165, 1.54) is 37.7 Å². The molecule has 1 saturated carbocycles. The summed E-state index contributed by atoms with van der Waals surface area (Å²) in [5, 5.41) is 0. The fourth-order valence-corrected chi connectivity index (χ4v) is 4.44. The Morgan fingerprint density at radius 3 is 2.17 bits per heavy atom. The van der Waals surface area contributed by atoms with E-state index in [9.17, 15) is 9.59 Å². The van der Waals surface area contributed by atoms with Crippen molar-refractivity contribution in [1.82, 2.24) is 9.80 Å². The summed E-state index contributed by atoms with van der Waals surface area (Å²) in [6, 6.07) is 7.98. The third kappa shape index (κ3) is 6.76. The minimum absolute atomic E-state index is 0.00283. The van der Waals surface area contributed by atoms with Crippen molar-refractivity contribution < 1.29 is 14.3 Å². The lowest BCUT2D eigenvalue weighted by molar-refractivity contribution is -0.140. The molecule has 2 fully saturated rings. The van der Waals surface area contributed by atoms with E-state index in [2.05, 4.69) is 19.1 Å². The molecule has 0 bridgehead atoms. The van der Waals surface area contributed by atoms with Crippen LogP contribution in [0.3, 0.4) is 0 Å². The first-order chi connectivity index (χ1) is 14.2. The second kappa shape index (κ2) is 11.2. The molecule has 5 nitrogen and oxygen atoms in total. The van der Waals surface area contributed by atoms with Gasteiger partial charge in [0.25, 0.3) is 5.91 Å². The lowest BCUT2D eigenvalue weighted by Crippen LogP contribution is -2.51. The highest BCUT2D eigenvalue weighted by molar-refractivity contribution is 5.79. The number of ether oxygens (including phenoxy) is 1. The van der Waals surface area contributed by atoms with Gasteiger partial charge in [-0.3, -0.25) is 9.59 Å². The summed E-state index contributed by atoms with van der Waals surface area (Å²) in [7, 11) is 0. The SMILES string of the molecule is CCCc1ccc(OCC(=O)N2CCN(C(=O)CCC3CCCCC3)CC2)cc1. The van der Waals surface area contributed by atoms with Gasteiger partial charge < -0.3 is 14.5 Å². The Labute approximate surface area is 175 Å². The highest BCUT2D eigenvalue weighted by atomic mass is 16.5. The van der Waals surface area contributed by atoms with Crippen LogP contribution in [0.4, 0.5) is 0 Å². The number of nitrogens with zero attached hydrogens (tertiary/aromatic N) is 2. The van der Waals surface area contributed by atoms with Gasteiger partial charge in [0.2, 0.25) is 5.91 Å². The van der Waals surface area contributed by atoms with Crippen LogP contribution in [-0.4, -0.2) is 54.4 Å². The number of rotatable bonds is 8. The molecular weight excluding hydrogens is 364 g/mol. The second-order valence-electron chi connectivity index (χ2n) is 8.49. The number of piperazine rings is 1. The summed E-state index contributed by atoms with van der Waals surface area (Å²) in [5.41, 5.74) is 1.29. The van der Waals surface area contributed by atoms with Crippen LogP contribution in [0.1, 0.15) is 63.9 Å². The summed E-state index contributed by atoms with van der Waals surface area (Å²) >= 11 is 0. The van der Waals surface area contributed by atoms with Crippen molar-refractivity contribution in [3.05, 3.63) is 29.8 Å². The van der Waals surface area contributed by atoms with E-state index in [-0.39, 0.29) is 18.4 Å². The smallest absolute Gasteiger partial charge is 0.260 e. The Balaban J connectivity index is 1.34. The Morgan fingerprint density at radius 2 is 1.55 bits per heavy atom. The van der Waals surface area contributed by atoms with E-state index in [0.29, 0.717) is 32.6 Å². The molecule has 1 heterocycles. The van der Waals surface area contributed by atoms with Crippen LogP contribution >= 0.6 is 0 Å². The van der Waals surface area contributed by atoms with Gasteiger partial charge in [-0.25, -0.2) is 0 Å². The van der Waals surface area contributed by atoms with Crippen LogP contribution in [0.2, 0.25) is 0 Å². The van der Waals surface area contributed by atoms with Gasteiger partial charge in [0.1, 0.15) is 5.75 Å². The normalized spacial score (nSPS) is 18.0. The van der Waals surface area contributed by atoms with Crippen molar-refractivity contribution in [2.24, 2.45) is 5.92 Å². The summed E-state index contributed by atoms with van der Waals surface area (Å²) in [4.78, 5) is 28.7. The molecule has 3 rings (SSSR count). The lowest BCUT2D eigenvalue weighted by atomic mass is 9.86. The van der Waals surface area contributed by atoms with E-state index in [1.807, 2.05) is 21.9 Å². The number of carbonyl (C=O) groups excluding carboxylic acids is 2. The molecule has 5 heteroatoms. The van der Waals surface area contributed by atoms with Gasteiger partial charge in [-0.2, -0.15) is 0 Å². The van der Waals surface area contributed by atoms with Gasteiger partial charge in [-0.15, -0.1) is 0 Å². The average Bonchev–Trinajstić information content (AvgIpc) is 2.78. The second-order valence-corrected chi connectivity index (χ2v) is 8.49. The van der Waals surface area contributed by atoms with E-state index in [0.717, 1.165) is 30.9 Å². The predicted molar refractivity (Wildman–Crippen MR) is 115 cm³/mol. The van der Waals surface area contributed by atoms with E-state index in [1.54, 1.807) is 0 Å². The molecule has 0 N–H and O–H groups in total. The van der Waals surface area contributed by atoms with Gasteiger partial charge >= 0.3 is 0 Å². The maximum absolute atomic E-state index is 12.5. The van der Waals surface area contributed by atoms with Crippen molar-refractivity contribution in [3.8, 4) is 5.75 Å². The zero-order valence-electron chi connectivity index (χ0n) is 17.9. The Kier molecular flexibility index (Phi) is 8.38. The topological polar surface area (TPSA) is 49.9 Å². The molecule has 0 unspecified atom stereocenters. The molecule has 160 valence electrons. The first-order valence-corrected chi connectivity index (χ1v) is 11.4. The number of benzene rings is 1. The molecule has 2 aliphatic rings. The quantitative estimate of drug-likeness (QED) is 0.661. The van der Waals surface area contributed by atoms with Gasteiger partial charge in [0, 0.05) is 32.6 Å². The summed E-state index contributed by atoms with van der Waals surface area (Å²) in [6.07, 6.45) is 10.5.